The van der Waals surface area contributed by atoms with Crippen molar-refractivity contribution in [2.24, 2.45) is 11.5 Å². The van der Waals surface area contributed by atoms with Gasteiger partial charge in [-0.3, -0.25) is 0 Å². The SMILES string of the molecule is CCOC(CC)C(N)CN. The molecule has 0 spiro atoms. The highest BCUT2D eigenvalue weighted by atomic mass is 16.5. The van der Waals surface area contributed by atoms with Gasteiger partial charge in [-0.05, 0) is 13.3 Å². The van der Waals surface area contributed by atoms with E-state index in [1.54, 1.807) is 0 Å². The van der Waals surface area contributed by atoms with E-state index in [-0.39, 0.29) is 12.1 Å². The second-order valence-corrected chi connectivity index (χ2v) is 2.30. The van der Waals surface area contributed by atoms with Gasteiger partial charge in [-0.25, -0.2) is 0 Å². The molecule has 0 saturated carbocycles. The first-order chi connectivity index (χ1) is 4.76. The van der Waals surface area contributed by atoms with Crippen molar-refractivity contribution < 1.29 is 4.74 Å². The third kappa shape index (κ3) is 3.15. The average Bonchev–Trinajstić information content (AvgIpc) is 1.99. The fourth-order valence-corrected chi connectivity index (χ4v) is 0.910. The molecule has 4 N–H and O–H groups in total. The standard InChI is InChI=1S/C7H18N2O/c1-3-7(10-4-2)6(9)5-8/h6-7H,3-5,8-9H2,1-2H3. The quantitative estimate of drug-likeness (QED) is 0.577. The summed E-state index contributed by atoms with van der Waals surface area (Å²) in [6, 6.07) is -0.00931. The summed E-state index contributed by atoms with van der Waals surface area (Å²) in [4.78, 5) is 0. The molecular formula is C7H18N2O. The van der Waals surface area contributed by atoms with Crippen LogP contribution in [0.1, 0.15) is 20.3 Å². The molecule has 0 rings (SSSR count). The summed E-state index contributed by atoms with van der Waals surface area (Å²) in [5, 5.41) is 0. The second kappa shape index (κ2) is 5.65. The Morgan fingerprint density at radius 1 is 1.40 bits per heavy atom. The number of nitrogens with two attached hydrogens (primary N) is 2. The van der Waals surface area contributed by atoms with Crippen LogP contribution >= 0.6 is 0 Å². The lowest BCUT2D eigenvalue weighted by Crippen LogP contribution is -2.42. The van der Waals surface area contributed by atoms with E-state index in [4.69, 9.17) is 16.2 Å². The first-order valence-electron chi connectivity index (χ1n) is 3.83. The zero-order valence-electron chi connectivity index (χ0n) is 6.84. The third-order valence-electron chi connectivity index (χ3n) is 1.53. The van der Waals surface area contributed by atoms with E-state index in [1.807, 2.05) is 6.92 Å². The Balaban J connectivity index is 3.56. The van der Waals surface area contributed by atoms with Crippen molar-refractivity contribution in [3.8, 4) is 0 Å². The minimum atomic E-state index is -0.00931. The van der Waals surface area contributed by atoms with Crippen molar-refractivity contribution >= 4 is 0 Å². The molecule has 3 heteroatoms. The van der Waals surface area contributed by atoms with Crippen LogP contribution in [0.3, 0.4) is 0 Å². The van der Waals surface area contributed by atoms with Crippen LogP contribution in [-0.4, -0.2) is 25.3 Å². The van der Waals surface area contributed by atoms with E-state index in [1.165, 1.54) is 0 Å². The Morgan fingerprint density at radius 2 is 2.00 bits per heavy atom. The van der Waals surface area contributed by atoms with E-state index < -0.39 is 0 Å². The van der Waals surface area contributed by atoms with E-state index >= 15 is 0 Å². The maximum atomic E-state index is 5.66. The lowest BCUT2D eigenvalue weighted by Gasteiger charge is -2.20. The minimum Gasteiger partial charge on any atom is -0.377 e. The zero-order valence-corrected chi connectivity index (χ0v) is 6.84. The second-order valence-electron chi connectivity index (χ2n) is 2.30. The van der Waals surface area contributed by atoms with Crippen molar-refractivity contribution in [2.75, 3.05) is 13.2 Å². The van der Waals surface area contributed by atoms with Gasteiger partial charge in [0.1, 0.15) is 0 Å². The van der Waals surface area contributed by atoms with E-state index in [9.17, 15) is 0 Å². The van der Waals surface area contributed by atoms with Crippen molar-refractivity contribution in [2.45, 2.75) is 32.4 Å². The summed E-state index contributed by atoms with van der Waals surface area (Å²) in [6.45, 7) is 5.23. The summed E-state index contributed by atoms with van der Waals surface area (Å²) in [7, 11) is 0. The van der Waals surface area contributed by atoms with Gasteiger partial charge in [0.15, 0.2) is 0 Å². The van der Waals surface area contributed by atoms with Crippen LogP contribution < -0.4 is 11.5 Å². The summed E-state index contributed by atoms with van der Waals surface area (Å²) in [5.74, 6) is 0. The Labute approximate surface area is 62.7 Å². The number of hydrogen-bond acceptors (Lipinski definition) is 3. The van der Waals surface area contributed by atoms with Crippen LogP contribution in [0.2, 0.25) is 0 Å². The molecule has 62 valence electrons. The zero-order chi connectivity index (χ0) is 7.98. The molecule has 2 unspecified atom stereocenters. The summed E-state index contributed by atoms with van der Waals surface area (Å²) >= 11 is 0. The van der Waals surface area contributed by atoms with Crippen LogP contribution in [0.15, 0.2) is 0 Å². The molecule has 3 nitrogen and oxygen atoms in total. The van der Waals surface area contributed by atoms with E-state index in [0.29, 0.717) is 13.2 Å². The molecule has 0 fully saturated rings. The molecule has 10 heavy (non-hydrogen) atoms. The van der Waals surface area contributed by atoms with Gasteiger partial charge in [-0.15, -0.1) is 0 Å². The summed E-state index contributed by atoms with van der Waals surface area (Å²) in [5.41, 5.74) is 11.0. The van der Waals surface area contributed by atoms with Gasteiger partial charge >= 0.3 is 0 Å². The Hall–Kier alpha value is -0.120. The molecule has 2 atom stereocenters. The first kappa shape index (κ1) is 9.88. The Bertz CT molecular complexity index is 78.0. The fourth-order valence-electron chi connectivity index (χ4n) is 0.910. The highest BCUT2D eigenvalue weighted by Gasteiger charge is 2.13. The van der Waals surface area contributed by atoms with Crippen LogP contribution in [-0.2, 0) is 4.74 Å². The van der Waals surface area contributed by atoms with E-state index in [2.05, 4.69) is 6.92 Å². The van der Waals surface area contributed by atoms with Crippen molar-refractivity contribution in [3.05, 3.63) is 0 Å². The lowest BCUT2D eigenvalue weighted by atomic mass is 10.1. The molecule has 0 amide bonds. The molecular weight excluding hydrogens is 128 g/mol. The van der Waals surface area contributed by atoms with Gasteiger partial charge in [-0.1, -0.05) is 6.92 Å². The maximum Gasteiger partial charge on any atom is 0.0735 e. The van der Waals surface area contributed by atoms with Crippen molar-refractivity contribution in [3.63, 3.8) is 0 Å². The molecule has 0 aliphatic carbocycles. The van der Waals surface area contributed by atoms with Gasteiger partial charge in [0.25, 0.3) is 0 Å². The summed E-state index contributed by atoms with van der Waals surface area (Å²) < 4.78 is 5.34. The Morgan fingerprint density at radius 3 is 2.30 bits per heavy atom. The monoisotopic (exact) mass is 146 g/mol. The molecule has 0 aromatic rings. The average molecular weight is 146 g/mol. The molecule has 0 heterocycles. The number of rotatable bonds is 5. The lowest BCUT2D eigenvalue weighted by molar-refractivity contribution is 0.0436. The molecule has 0 aromatic heterocycles. The van der Waals surface area contributed by atoms with Gasteiger partial charge in [-0.2, -0.15) is 0 Å². The fraction of sp³-hybridized carbons (Fsp3) is 1.00. The molecule has 0 aliphatic rings. The van der Waals surface area contributed by atoms with Crippen LogP contribution in [0.5, 0.6) is 0 Å². The number of hydrogen-bond donors (Lipinski definition) is 2. The molecule has 0 radical (unpaired) electrons. The molecule has 0 aromatic carbocycles. The van der Waals surface area contributed by atoms with E-state index in [0.717, 1.165) is 6.42 Å². The van der Waals surface area contributed by atoms with Gasteiger partial charge < -0.3 is 16.2 Å². The van der Waals surface area contributed by atoms with Crippen LogP contribution in [0, 0.1) is 0 Å². The normalized spacial score (nSPS) is 16.8. The van der Waals surface area contributed by atoms with Gasteiger partial charge in [0.2, 0.25) is 0 Å². The van der Waals surface area contributed by atoms with Crippen molar-refractivity contribution in [1.82, 2.24) is 0 Å². The van der Waals surface area contributed by atoms with Crippen LogP contribution in [0.4, 0.5) is 0 Å². The largest absolute Gasteiger partial charge is 0.377 e. The summed E-state index contributed by atoms with van der Waals surface area (Å²) in [6.07, 6.45) is 1.07. The topological polar surface area (TPSA) is 61.3 Å². The first-order valence-corrected chi connectivity index (χ1v) is 3.83. The minimum absolute atomic E-state index is 0.00931. The van der Waals surface area contributed by atoms with Crippen LogP contribution in [0.25, 0.3) is 0 Å². The van der Waals surface area contributed by atoms with Crippen molar-refractivity contribution in [1.29, 1.82) is 0 Å². The smallest absolute Gasteiger partial charge is 0.0735 e. The number of ether oxygens (including phenoxy) is 1. The highest BCUT2D eigenvalue weighted by Crippen LogP contribution is 2.00. The highest BCUT2D eigenvalue weighted by molar-refractivity contribution is 4.72. The maximum absolute atomic E-state index is 5.66. The van der Waals surface area contributed by atoms with Gasteiger partial charge in [0, 0.05) is 19.2 Å². The van der Waals surface area contributed by atoms with Gasteiger partial charge in [0.05, 0.1) is 6.10 Å². The molecule has 0 aliphatic heterocycles. The Kier molecular flexibility index (Phi) is 5.58. The molecule has 0 bridgehead atoms. The predicted molar refractivity (Wildman–Crippen MR) is 42.7 cm³/mol. The third-order valence-corrected chi connectivity index (χ3v) is 1.53. The predicted octanol–water partition coefficient (Wildman–Crippen LogP) is 0.0875. The molecule has 0 saturated heterocycles.